The van der Waals surface area contributed by atoms with Gasteiger partial charge in [-0.1, -0.05) is 24.3 Å². The van der Waals surface area contributed by atoms with E-state index in [0.717, 1.165) is 11.1 Å². The van der Waals surface area contributed by atoms with Crippen molar-refractivity contribution in [2.24, 2.45) is 0 Å². The lowest BCUT2D eigenvalue weighted by Crippen LogP contribution is -2.29. The third-order valence-electron chi connectivity index (χ3n) is 6.14. The van der Waals surface area contributed by atoms with Crippen LogP contribution >= 0.6 is 0 Å². The first kappa shape index (κ1) is 24.1. The molecule has 0 spiro atoms. The van der Waals surface area contributed by atoms with E-state index in [1.165, 1.54) is 4.90 Å². The van der Waals surface area contributed by atoms with Crippen LogP contribution in [0.5, 0.6) is 11.5 Å². The Morgan fingerprint density at radius 2 is 1.51 bits per heavy atom. The summed E-state index contributed by atoms with van der Waals surface area (Å²) in [4.78, 5) is 28.1. The summed E-state index contributed by atoms with van der Waals surface area (Å²) in [5.41, 5.74) is 3.79. The van der Waals surface area contributed by atoms with Crippen molar-refractivity contribution in [3.63, 3.8) is 0 Å². The minimum absolute atomic E-state index is 0.00680. The molecule has 0 bridgehead atoms. The Hall–Kier alpha value is -4.06. The molecule has 0 aromatic heterocycles. The minimum Gasteiger partial charge on any atom is -0.507 e. The molecule has 4 rings (SSSR count). The van der Waals surface area contributed by atoms with Gasteiger partial charge in [-0.05, 0) is 86.8 Å². The lowest BCUT2D eigenvalue weighted by molar-refractivity contribution is -0.132. The number of ketones is 1. The Morgan fingerprint density at radius 1 is 0.886 bits per heavy atom. The van der Waals surface area contributed by atoms with Crippen LogP contribution < -0.4 is 14.4 Å². The molecule has 0 radical (unpaired) electrons. The number of ether oxygens (including phenoxy) is 2. The van der Waals surface area contributed by atoms with Crippen LogP contribution in [0.3, 0.4) is 0 Å². The summed E-state index contributed by atoms with van der Waals surface area (Å²) in [5, 5.41) is 11.3. The molecule has 1 atom stereocenters. The minimum atomic E-state index is -0.806. The number of anilines is 1. The van der Waals surface area contributed by atoms with Crippen molar-refractivity contribution in [3.05, 3.63) is 94.6 Å². The number of aryl methyl sites for hydroxylation is 2. The van der Waals surface area contributed by atoms with Crippen molar-refractivity contribution in [3.8, 4) is 11.5 Å². The van der Waals surface area contributed by atoms with Crippen molar-refractivity contribution in [2.45, 2.75) is 39.8 Å². The van der Waals surface area contributed by atoms with Gasteiger partial charge in [0.2, 0.25) is 0 Å². The van der Waals surface area contributed by atoms with E-state index in [2.05, 4.69) is 0 Å². The molecule has 1 saturated heterocycles. The highest BCUT2D eigenvalue weighted by Gasteiger charge is 2.47. The van der Waals surface area contributed by atoms with Crippen LogP contribution in [0.25, 0.3) is 5.76 Å². The SMILES string of the molecule is COc1ccc(C2/C(=C(/O)c3ccc(C)c(C)c3)C(=O)C(=O)N2c2ccc(OC(C)C)cc2)cc1. The lowest BCUT2D eigenvalue weighted by atomic mass is 9.94. The van der Waals surface area contributed by atoms with Gasteiger partial charge in [0, 0.05) is 11.3 Å². The predicted molar refractivity (Wildman–Crippen MR) is 136 cm³/mol. The van der Waals surface area contributed by atoms with Gasteiger partial charge in [0.05, 0.1) is 24.8 Å². The fourth-order valence-electron chi connectivity index (χ4n) is 4.20. The number of amides is 1. The molecule has 6 heteroatoms. The maximum absolute atomic E-state index is 13.3. The number of nitrogens with zero attached hydrogens (tertiary/aromatic N) is 1. The highest BCUT2D eigenvalue weighted by atomic mass is 16.5. The lowest BCUT2D eigenvalue weighted by Gasteiger charge is -2.26. The number of benzene rings is 3. The van der Waals surface area contributed by atoms with Crippen LogP contribution in [-0.4, -0.2) is 30.0 Å². The van der Waals surface area contributed by atoms with Crippen molar-refractivity contribution in [1.29, 1.82) is 0 Å². The molecule has 0 aliphatic carbocycles. The quantitative estimate of drug-likeness (QED) is 0.282. The van der Waals surface area contributed by atoms with Gasteiger partial charge >= 0.3 is 0 Å². The monoisotopic (exact) mass is 471 g/mol. The second kappa shape index (κ2) is 9.66. The van der Waals surface area contributed by atoms with Crippen LogP contribution in [0, 0.1) is 13.8 Å². The zero-order chi connectivity index (χ0) is 25.3. The van der Waals surface area contributed by atoms with E-state index < -0.39 is 17.7 Å². The van der Waals surface area contributed by atoms with Crippen molar-refractivity contribution in [2.75, 3.05) is 12.0 Å². The van der Waals surface area contributed by atoms with E-state index in [0.29, 0.717) is 28.3 Å². The highest BCUT2D eigenvalue weighted by Crippen LogP contribution is 2.43. The summed E-state index contributed by atoms with van der Waals surface area (Å²) in [6.07, 6.45) is 0.00680. The Balaban J connectivity index is 1.87. The molecule has 6 nitrogen and oxygen atoms in total. The molecule has 3 aromatic rings. The first-order valence-corrected chi connectivity index (χ1v) is 11.5. The Bertz CT molecular complexity index is 1290. The van der Waals surface area contributed by atoms with Gasteiger partial charge in [-0.3, -0.25) is 14.5 Å². The normalized spacial score (nSPS) is 17.2. The zero-order valence-corrected chi connectivity index (χ0v) is 20.5. The Morgan fingerprint density at radius 3 is 2.09 bits per heavy atom. The van der Waals surface area contributed by atoms with Crippen molar-refractivity contribution >= 4 is 23.1 Å². The molecule has 1 amide bonds. The average Bonchev–Trinajstić information content (AvgIpc) is 3.11. The smallest absolute Gasteiger partial charge is 0.300 e. The summed E-state index contributed by atoms with van der Waals surface area (Å²) >= 11 is 0. The van der Waals surface area contributed by atoms with Gasteiger partial charge in [0.15, 0.2) is 0 Å². The van der Waals surface area contributed by atoms with Gasteiger partial charge < -0.3 is 14.6 Å². The van der Waals surface area contributed by atoms with E-state index in [9.17, 15) is 14.7 Å². The summed E-state index contributed by atoms with van der Waals surface area (Å²) in [7, 11) is 1.57. The number of methoxy groups -OCH3 is 1. The van der Waals surface area contributed by atoms with Gasteiger partial charge in [-0.15, -0.1) is 0 Å². The summed E-state index contributed by atoms with van der Waals surface area (Å²) in [6.45, 7) is 7.78. The average molecular weight is 472 g/mol. The van der Waals surface area contributed by atoms with E-state index in [1.54, 1.807) is 61.7 Å². The molecule has 0 saturated carbocycles. The van der Waals surface area contributed by atoms with E-state index in [-0.39, 0.29) is 17.4 Å². The van der Waals surface area contributed by atoms with Gasteiger partial charge in [0.25, 0.3) is 11.7 Å². The highest BCUT2D eigenvalue weighted by molar-refractivity contribution is 6.51. The number of Topliss-reactive ketones (excluding diaryl/α,β-unsaturated/α-hetero) is 1. The molecule has 1 fully saturated rings. The van der Waals surface area contributed by atoms with Gasteiger partial charge in [-0.25, -0.2) is 0 Å². The third kappa shape index (κ3) is 4.64. The van der Waals surface area contributed by atoms with E-state index in [4.69, 9.17) is 9.47 Å². The molecule has 1 aliphatic heterocycles. The maximum Gasteiger partial charge on any atom is 0.300 e. The Labute approximate surface area is 205 Å². The van der Waals surface area contributed by atoms with Crippen LogP contribution in [0.2, 0.25) is 0 Å². The molecule has 1 aliphatic rings. The third-order valence-corrected chi connectivity index (χ3v) is 6.14. The van der Waals surface area contributed by atoms with Crippen LogP contribution in [0.4, 0.5) is 5.69 Å². The van der Waals surface area contributed by atoms with Crippen LogP contribution in [0.15, 0.2) is 72.3 Å². The first-order valence-electron chi connectivity index (χ1n) is 11.5. The maximum atomic E-state index is 13.3. The van der Waals surface area contributed by atoms with Gasteiger partial charge in [-0.2, -0.15) is 0 Å². The second-order valence-corrected chi connectivity index (χ2v) is 8.90. The molecule has 1 N–H and O–H groups in total. The largest absolute Gasteiger partial charge is 0.507 e. The Kier molecular flexibility index (Phi) is 6.65. The number of carbonyl (C=O) groups excluding carboxylic acids is 2. The van der Waals surface area contributed by atoms with Crippen molar-refractivity contribution in [1.82, 2.24) is 0 Å². The summed E-state index contributed by atoms with van der Waals surface area (Å²) in [6, 6.07) is 18.8. The van der Waals surface area contributed by atoms with E-state index in [1.807, 2.05) is 39.8 Å². The number of hydrogen-bond acceptors (Lipinski definition) is 5. The predicted octanol–water partition coefficient (Wildman–Crippen LogP) is 5.73. The fourth-order valence-corrected chi connectivity index (χ4v) is 4.20. The molecule has 35 heavy (non-hydrogen) atoms. The fraction of sp³-hybridized carbons (Fsp3) is 0.241. The summed E-state index contributed by atoms with van der Waals surface area (Å²) < 4.78 is 11.0. The number of hydrogen-bond donors (Lipinski definition) is 1. The molecular formula is C29H29NO5. The number of carbonyl (C=O) groups is 2. The second-order valence-electron chi connectivity index (χ2n) is 8.90. The molecular weight excluding hydrogens is 442 g/mol. The van der Waals surface area contributed by atoms with E-state index >= 15 is 0 Å². The standard InChI is InChI=1S/C29H29NO5/c1-17(2)35-24-14-10-22(11-15-24)30-26(20-8-12-23(34-5)13-9-20)25(28(32)29(30)33)27(31)21-7-6-18(3)19(4)16-21/h6-17,26,31H,1-5H3/b27-25-. The molecule has 1 unspecified atom stereocenters. The number of rotatable bonds is 6. The molecule has 180 valence electrons. The van der Waals surface area contributed by atoms with Gasteiger partial charge in [0.1, 0.15) is 17.3 Å². The van der Waals surface area contributed by atoms with Crippen LogP contribution in [0.1, 0.15) is 42.1 Å². The first-order chi connectivity index (χ1) is 16.7. The summed E-state index contributed by atoms with van der Waals surface area (Å²) in [5.74, 6) is -0.321. The molecule has 3 aromatic carbocycles. The topological polar surface area (TPSA) is 76.1 Å². The number of aliphatic hydroxyl groups excluding tert-OH is 1. The van der Waals surface area contributed by atoms with Crippen LogP contribution in [-0.2, 0) is 9.59 Å². The zero-order valence-electron chi connectivity index (χ0n) is 20.5. The van der Waals surface area contributed by atoms with Crippen molar-refractivity contribution < 1.29 is 24.2 Å². The number of aliphatic hydroxyl groups is 1. The molecule has 1 heterocycles.